The molecule has 1 rings (SSSR count). The third-order valence-corrected chi connectivity index (χ3v) is 1.84. The van der Waals surface area contributed by atoms with E-state index in [4.69, 9.17) is 15.3 Å². The van der Waals surface area contributed by atoms with E-state index in [2.05, 4.69) is 9.47 Å². The van der Waals surface area contributed by atoms with Crippen LogP contribution in [-0.4, -0.2) is 58.4 Å². The maximum absolute atomic E-state index is 9.27. The Morgan fingerprint density at radius 1 is 1.42 bits per heavy atom. The summed E-state index contributed by atoms with van der Waals surface area (Å²) in [5.74, 6) is -2.22. The summed E-state index contributed by atoms with van der Waals surface area (Å²) >= 11 is 0. The average Bonchev–Trinajstić information content (AvgIpc) is 2.09. The molecule has 4 N–H and O–H groups in total. The summed E-state index contributed by atoms with van der Waals surface area (Å²) in [6, 6.07) is 0. The van der Waals surface area contributed by atoms with Crippen LogP contribution in [0.5, 0.6) is 0 Å². The van der Waals surface area contributed by atoms with Crippen molar-refractivity contribution in [2.75, 3.05) is 13.7 Å². The summed E-state index contributed by atoms with van der Waals surface area (Å²) < 4.78 is 9.00. The number of hydrogen-bond acceptors (Lipinski definition) is 6. The standard InChI is InChI=1S/C6H12O6/c1-11-6(10)5(9)4(8)3(7)2-12-6/h3-5,7-10H,2H2,1H3/t3-,4-,5+,6-/m0/s1. The molecule has 4 atom stereocenters. The molecule has 1 saturated heterocycles. The molecule has 0 spiro atoms. The van der Waals surface area contributed by atoms with Crippen LogP contribution in [0.15, 0.2) is 0 Å². The van der Waals surface area contributed by atoms with E-state index in [1.165, 1.54) is 0 Å². The van der Waals surface area contributed by atoms with Gasteiger partial charge in [0.1, 0.15) is 12.2 Å². The zero-order valence-corrected chi connectivity index (χ0v) is 6.54. The highest BCUT2D eigenvalue weighted by Gasteiger charge is 2.49. The molecular weight excluding hydrogens is 168 g/mol. The minimum atomic E-state index is -2.22. The van der Waals surface area contributed by atoms with E-state index >= 15 is 0 Å². The summed E-state index contributed by atoms with van der Waals surface area (Å²) in [7, 11) is 1.12. The predicted molar refractivity (Wildman–Crippen MR) is 35.9 cm³/mol. The van der Waals surface area contributed by atoms with Crippen molar-refractivity contribution < 1.29 is 29.9 Å². The predicted octanol–water partition coefficient (Wildman–Crippen LogP) is -2.61. The van der Waals surface area contributed by atoms with E-state index in [0.717, 1.165) is 7.11 Å². The maximum atomic E-state index is 9.27. The molecule has 1 aliphatic rings. The van der Waals surface area contributed by atoms with Gasteiger partial charge in [0, 0.05) is 7.11 Å². The lowest BCUT2D eigenvalue weighted by Crippen LogP contribution is -2.61. The summed E-state index contributed by atoms with van der Waals surface area (Å²) in [6.45, 7) is -0.289. The fourth-order valence-corrected chi connectivity index (χ4v) is 0.995. The fraction of sp³-hybridized carbons (Fsp3) is 1.00. The molecule has 0 aromatic rings. The van der Waals surface area contributed by atoms with Crippen molar-refractivity contribution in [3.05, 3.63) is 0 Å². The van der Waals surface area contributed by atoms with Gasteiger partial charge in [0.2, 0.25) is 0 Å². The molecule has 0 saturated carbocycles. The lowest BCUT2D eigenvalue weighted by molar-refractivity contribution is -0.423. The third kappa shape index (κ3) is 1.45. The van der Waals surface area contributed by atoms with E-state index in [9.17, 15) is 5.11 Å². The summed E-state index contributed by atoms with van der Waals surface area (Å²) in [5.41, 5.74) is 0. The van der Waals surface area contributed by atoms with Crippen molar-refractivity contribution in [1.29, 1.82) is 0 Å². The first-order valence-corrected chi connectivity index (χ1v) is 3.47. The zero-order valence-electron chi connectivity index (χ0n) is 6.54. The maximum Gasteiger partial charge on any atom is 0.310 e. The highest BCUT2D eigenvalue weighted by atomic mass is 16.8. The highest BCUT2D eigenvalue weighted by Crippen LogP contribution is 2.23. The van der Waals surface area contributed by atoms with Crippen LogP contribution in [0.3, 0.4) is 0 Å². The van der Waals surface area contributed by atoms with Crippen LogP contribution in [0.1, 0.15) is 0 Å². The number of hydrogen-bond donors (Lipinski definition) is 4. The smallest absolute Gasteiger partial charge is 0.310 e. The number of aliphatic hydroxyl groups is 4. The molecule has 6 nitrogen and oxygen atoms in total. The van der Waals surface area contributed by atoms with Gasteiger partial charge < -0.3 is 29.9 Å². The van der Waals surface area contributed by atoms with Crippen molar-refractivity contribution in [3.63, 3.8) is 0 Å². The molecule has 0 aromatic heterocycles. The number of ether oxygens (including phenoxy) is 2. The Hall–Kier alpha value is -0.240. The molecule has 1 heterocycles. The van der Waals surface area contributed by atoms with Gasteiger partial charge in [-0.3, -0.25) is 0 Å². The molecule has 0 bridgehead atoms. The highest BCUT2D eigenvalue weighted by molar-refractivity contribution is 4.86. The SMILES string of the molecule is CO[C@]1(O)OC[C@H](O)[C@H](O)[C@H]1O. The van der Waals surface area contributed by atoms with Crippen molar-refractivity contribution >= 4 is 0 Å². The third-order valence-electron chi connectivity index (χ3n) is 1.84. The van der Waals surface area contributed by atoms with Gasteiger partial charge in [-0.15, -0.1) is 0 Å². The van der Waals surface area contributed by atoms with Crippen LogP contribution < -0.4 is 0 Å². The van der Waals surface area contributed by atoms with Crippen LogP contribution >= 0.6 is 0 Å². The monoisotopic (exact) mass is 180 g/mol. The van der Waals surface area contributed by atoms with Gasteiger partial charge in [0.15, 0.2) is 6.10 Å². The van der Waals surface area contributed by atoms with Crippen molar-refractivity contribution in [2.24, 2.45) is 0 Å². The number of methoxy groups -OCH3 is 1. The summed E-state index contributed by atoms with van der Waals surface area (Å²) in [6.07, 6.45) is -4.36. The average molecular weight is 180 g/mol. The van der Waals surface area contributed by atoms with Crippen LogP contribution in [0.25, 0.3) is 0 Å². The molecule has 1 fully saturated rings. The first kappa shape index (κ1) is 9.85. The van der Waals surface area contributed by atoms with Gasteiger partial charge in [-0.05, 0) is 0 Å². The van der Waals surface area contributed by atoms with Gasteiger partial charge >= 0.3 is 5.97 Å². The molecule has 0 amide bonds. The Labute approximate surface area is 69.0 Å². The molecule has 0 radical (unpaired) electrons. The molecule has 0 aliphatic carbocycles. The van der Waals surface area contributed by atoms with Gasteiger partial charge in [-0.1, -0.05) is 0 Å². The Morgan fingerprint density at radius 2 is 2.00 bits per heavy atom. The largest absolute Gasteiger partial charge is 0.388 e. The topological polar surface area (TPSA) is 99.4 Å². The minimum Gasteiger partial charge on any atom is -0.388 e. The Morgan fingerprint density at radius 3 is 2.50 bits per heavy atom. The quantitative estimate of drug-likeness (QED) is 0.330. The number of rotatable bonds is 1. The Bertz CT molecular complexity index is 162. The molecule has 1 aliphatic heterocycles. The molecule has 0 unspecified atom stereocenters. The van der Waals surface area contributed by atoms with E-state index in [0.29, 0.717) is 0 Å². The van der Waals surface area contributed by atoms with Gasteiger partial charge in [0.05, 0.1) is 6.61 Å². The normalized spacial score (nSPS) is 49.2. The molecule has 0 aromatic carbocycles. The molecular formula is C6H12O6. The summed E-state index contributed by atoms with van der Waals surface area (Å²) in [4.78, 5) is 0. The second-order valence-electron chi connectivity index (χ2n) is 2.65. The second kappa shape index (κ2) is 3.25. The van der Waals surface area contributed by atoms with E-state index < -0.39 is 24.3 Å². The van der Waals surface area contributed by atoms with E-state index in [1.807, 2.05) is 0 Å². The first-order chi connectivity index (χ1) is 5.51. The Balaban J connectivity index is 2.71. The van der Waals surface area contributed by atoms with Gasteiger partial charge in [-0.25, -0.2) is 0 Å². The Kier molecular flexibility index (Phi) is 2.67. The van der Waals surface area contributed by atoms with E-state index in [1.54, 1.807) is 0 Å². The molecule has 12 heavy (non-hydrogen) atoms. The van der Waals surface area contributed by atoms with Crippen molar-refractivity contribution in [3.8, 4) is 0 Å². The van der Waals surface area contributed by atoms with Crippen LogP contribution in [0, 0.1) is 0 Å². The first-order valence-electron chi connectivity index (χ1n) is 3.47. The zero-order chi connectivity index (χ0) is 9.35. The molecule has 6 heteroatoms. The number of aliphatic hydroxyl groups excluding tert-OH is 3. The summed E-state index contributed by atoms with van der Waals surface area (Å²) in [5, 5.41) is 36.5. The van der Waals surface area contributed by atoms with Crippen LogP contribution in [0.4, 0.5) is 0 Å². The van der Waals surface area contributed by atoms with Crippen molar-refractivity contribution in [2.45, 2.75) is 24.3 Å². The van der Waals surface area contributed by atoms with Gasteiger partial charge in [-0.2, -0.15) is 0 Å². The van der Waals surface area contributed by atoms with Crippen LogP contribution in [-0.2, 0) is 9.47 Å². The lowest BCUT2D eigenvalue weighted by Gasteiger charge is -2.39. The van der Waals surface area contributed by atoms with Gasteiger partial charge in [0.25, 0.3) is 0 Å². The second-order valence-corrected chi connectivity index (χ2v) is 2.65. The van der Waals surface area contributed by atoms with Crippen LogP contribution in [0.2, 0.25) is 0 Å². The lowest BCUT2D eigenvalue weighted by atomic mass is 10.0. The van der Waals surface area contributed by atoms with Crippen molar-refractivity contribution in [1.82, 2.24) is 0 Å². The minimum absolute atomic E-state index is 0.289. The van der Waals surface area contributed by atoms with E-state index in [-0.39, 0.29) is 6.61 Å². The molecule has 72 valence electrons. The fourth-order valence-electron chi connectivity index (χ4n) is 0.995.